The van der Waals surface area contributed by atoms with Gasteiger partial charge in [0.05, 0.1) is 23.4 Å². The fourth-order valence-corrected chi connectivity index (χ4v) is 3.68. The number of amides is 2. The second-order valence-corrected chi connectivity index (χ2v) is 9.31. The number of aromatic nitrogens is 1. The van der Waals surface area contributed by atoms with Crippen LogP contribution in [0.1, 0.15) is 48.7 Å². The van der Waals surface area contributed by atoms with Gasteiger partial charge in [0.25, 0.3) is 0 Å². The summed E-state index contributed by atoms with van der Waals surface area (Å²) in [6.45, 7) is 4.28. The van der Waals surface area contributed by atoms with E-state index in [-0.39, 0.29) is 36.3 Å². The number of likely N-dealkylation sites (tertiary alicyclic amines) is 1. The molecule has 0 radical (unpaired) electrons. The zero-order chi connectivity index (χ0) is 26.8. The maximum Gasteiger partial charge on any atom is 0.416 e. The molecule has 1 aromatic heterocycles. The van der Waals surface area contributed by atoms with E-state index in [2.05, 4.69) is 10.3 Å². The largest absolute Gasteiger partial charge is 0.478 e. The summed E-state index contributed by atoms with van der Waals surface area (Å²) in [5, 5.41) is 12.0. The number of carboxylic acid groups (broad SMARTS) is 1. The highest BCUT2D eigenvalue weighted by atomic mass is 19.4. The van der Waals surface area contributed by atoms with E-state index in [9.17, 15) is 37.1 Å². The molecule has 0 saturated carbocycles. The number of carbonyl (C=O) groups is 3. The highest BCUT2D eigenvalue weighted by molar-refractivity contribution is 5.90. The van der Waals surface area contributed by atoms with E-state index in [4.69, 9.17) is 4.74 Å². The van der Waals surface area contributed by atoms with Gasteiger partial charge < -0.3 is 15.2 Å². The van der Waals surface area contributed by atoms with Crippen LogP contribution in [0.2, 0.25) is 0 Å². The number of alkyl halides is 4. The molecule has 36 heavy (non-hydrogen) atoms. The SMILES string of the molecule is CC(C)(C)OC(=O)N1C[C@H](F)C[C@H]1C(=O)NCc1cc(-c2ccc(C(F)(F)F)cc2)ncc1C(=O)O. The predicted molar refractivity (Wildman–Crippen MR) is 120 cm³/mol. The zero-order valence-electron chi connectivity index (χ0n) is 19.7. The maximum absolute atomic E-state index is 14.1. The molecule has 3 rings (SSSR count). The van der Waals surface area contributed by atoms with Crippen LogP contribution in [-0.2, 0) is 22.3 Å². The van der Waals surface area contributed by atoms with Crippen molar-refractivity contribution in [1.82, 2.24) is 15.2 Å². The lowest BCUT2D eigenvalue weighted by atomic mass is 10.0. The fraction of sp³-hybridized carbons (Fsp3) is 0.417. The number of hydrogen-bond acceptors (Lipinski definition) is 5. The Morgan fingerprint density at radius 3 is 2.36 bits per heavy atom. The summed E-state index contributed by atoms with van der Waals surface area (Å²) >= 11 is 0. The van der Waals surface area contributed by atoms with E-state index in [0.717, 1.165) is 23.2 Å². The van der Waals surface area contributed by atoms with Crippen LogP contribution in [0.15, 0.2) is 36.5 Å². The molecular weight excluding hydrogens is 486 g/mol. The normalized spacial score (nSPS) is 18.1. The molecule has 1 saturated heterocycles. The third-order valence-electron chi connectivity index (χ3n) is 5.36. The van der Waals surface area contributed by atoms with E-state index < -0.39 is 47.5 Å². The first kappa shape index (κ1) is 26.9. The number of nitrogens with one attached hydrogen (secondary N) is 1. The van der Waals surface area contributed by atoms with Gasteiger partial charge in [-0.3, -0.25) is 14.7 Å². The van der Waals surface area contributed by atoms with Crippen molar-refractivity contribution in [3.63, 3.8) is 0 Å². The summed E-state index contributed by atoms with van der Waals surface area (Å²) in [6, 6.07) is 4.34. The molecule has 1 fully saturated rings. The van der Waals surface area contributed by atoms with Crippen molar-refractivity contribution in [2.24, 2.45) is 0 Å². The van der Waals surface area contributed by atoms with Crippen LogP contribution in [0, 0.1) is 0 Å². The van der Waals surface area contributed by atoms with Gasteiger partial charge in [-0.25, -0.2) is 14.0 Å². The second-order valence-electron chi connectivity index (χ2n) is 9.31. The smallest absolute Gasteiger partial charge is 0.416 e. The lowest BCUT2D eigenvalue weighted by Crippen LogP contribution is -2.47. The Morgan fingerprint density at radius 2 is 1.81 bits per heavy atom. The lowest BCUT2D eigenvalue weighted by molar-refractivity contribution is -0.137. The minimum Gasteiger partial charge on any atom is -0.478 e. The average molecular weight is 511 g/mol. The number of carboxylic acids is 1. The zero-order valence-corrected chi connectivity index (χ0v) is 19.7. The fourth-order valence-electron chi connectivity index (χ4n) is 3.68. The number of carbonyl (C=O) groups excluding carboxylic acids is 2. The molecule has 0 unspecified atom stereocenters. The number of halogens is 4. The Bertz CT molecular complexity index is 1150. The van der Waals surface area contributed by atoms with Crippen LogP contribution in [0.25, 0.3) is 11.3 Å². The van der Waals surface area contributed by atoms with Crippen molar-refractivity contribution in [3.8, 4) is 11.3 Å². The first-order chi connectivity index (χ1) is 16.7. The molecule has 0 aliphatic carbocycles. The van der Waals surface area contributed by atoms with E-state index in [0.29, 0.717) is 5.56 Å². The van der Waals surface area contributed by atoms with Crippen molar-refractivity contribution in [3.05, 3.63) is 53.2 Å². The quantitative estimate of drug-likeness (QED) is 0.575. The van der Waals surface area contributed by atoms with Gasteiger partial charge in [-0.05, 0) is 44.5 Å². The highest BCUT2D eigenvalue weighted by Crippen LogP contribution is 2.31. The number of rotatable bonds is 5. The van der Waals surface area contributed by atoms with Crippen molar-refractivity contribution in [2.75, 3.05) is 6.54 Å². The van der Waals surface area contributed by atoms with Crippen LogP contribution in [0.4, 0.5) is 22.4 Å². The molecule has 0 bridgehead atoms. The lowest BCUT2D eigenvalue weighted by Gasteiger charge is -2.27. The first-order valence-corrected chi connectivity index (χ1v) is 11.0. The van der Waals surface area contributed by atoms with Gasteiger partial charge in [0.1, 0.15) is 17.8 Å². The Morgan fingerprint density at radius 1 is 1.17 bits per heavy atom. The molecule has 194 valence electrons. The number of benzene rings is 1. The minimum atomic E-state index is -4.51. The maximum atomic E-state index is 14.1. The summed E-state index contributed by atoms with van der Waals surface area (Å²) < 4.78 is 57.8. The van der Waals surface area contributed by atoms with Crippen LogP contribution < -0.4 is 5.32 Å². The van der Waals surface area contributed by atoms with Gasteiger partial charge in [-0.2, -0.15) is 13.2 Å². The Hall–Kier alpha value is -3.70. The molecule has 8 nitrogen and oxygen atoms in total. The van der Waals surface area contributed by atoms with Gasteiger partial charge in [-0.1, -0.05) is 12.1 Å². The van der Waals surface area contributed by atoms with Gasteiger partial charge in [0.2, 0.25) is 5.91 Å². The number of ether oxygens (including phenoxy) is 1. The highest BCUT2D eigenvalue weighted by Gasteiger charge is 2.41. The molecular formula is C24H25F4N3O5. The molecule has 0 spiro atoms. The molecule has 1 aliphatic rings. The minimum absolute atomic E-state index is 0.124. The first-order valence-electron chi connectivity index (χ1n) is 11.0. The standard InChI is InChI=1S/C24H25F4N3O5/c1-23(2,3)36-22(35)31-12-16(25)9-19(31)20(32)30-10-14-8-18(29-11-17(14)21(33)34)13-4-6-15(7-5-13)24(26,27)28/h4-8,11,16,19H,9-10,12H2,1-3H3,(H,30,32)(H,33,34)/t16-,19+/m1/s1. The topological polar surface area (TPSA) is 109 Å². The van der Waals surface area contributed by atoms with Crippen LogP contribution >= 0.6 is 0 Å². The van der Waals surface area contributed by atoms with Gasteiger partial charge in [-0.15, -0.1) is 0 Å². The third kappa shape index (κ3) is 6.49. The summed E-state index contributed by atoms with van der Waals surface area (Å²) in [4.78, 5) is 41.9. The average Bonchev–Trinajstić information content (AvgIpc) is 3.17. The van der Waals surface area contributed by atoms with E-state index in [1.807, 2.05) is 0 Å². The Balaban J connectivity index is 1.79. The second kappa shape index (κ2) is 10.1. The molecule has 1 aliphatic heterocycles. The summed E-state index contributed by atoms with van der Waals surface area (Å²) in [7, 11) is 0. The molecule has 2 heterocycles. The summed E-state index contributed by atoms with van der Waals surface area (Å²) in [5.74, 6) is -2.03. The third-order valence-corrected chi connectivity index (χ3v) is 5.36. The van der Waals surface area contributed by atoms with Crippen molar-refractivity contribution >= 4 is 18.0 Å². The molecule has 2 atom stereocenters. The molecule has 1 aromatic carbocycles. The number of hydrogen-bond donors (Lipinski definition) is 2. The van der Waals surface area contributed by atoms with Gasteiger partial charge in [0, 0.05) is 24.7 Å². The van der Waals surface area contributed by atoms with Gasteiger partial charge in [0.15, 0.2) is 0 Å². The van der Waals surface area contributed by atoms with Crippen molar-refractivity contribution < 1.29 is 41.8 Å². The van der Waals surface area contributed by atoms with Crippen LogP contribution in [-0.4, -0.2) is 57.3 Å². The molecule has 2 N–H and O–H groups in total. The number of aromatic carboxylic acids is 1. The van der Waals surface area contributed by atoms with Crippen molar-refractivity contribution in [2.45, 2.75) is 57.7 Å². The number of nitrogens with zero attached hydrogens (tertiary/aromatic N) is 2. The van der Waals surface area contributed by atoms with E-state index in [1.165, 1.54) is 18.2 Å². The van der Waals surface area contributed by atoms with E-state index in [1.54, 1.807) is 20.8 Å². The van der Waals surface area contributed by atoms with Crippen LogP contribution in [0.5, 0.6) is 0 Å². The molecule has 2 amide bonds. The number of pyridine rings is 1. The van der Waals surface area contributed by atoms with Gasteiger partial charge >= 0.3 is 18.2 Å². The van der Waals surface area contributed by atoms with E-state index >= 15 is 0 Å². The Labute approximate surface area is 204 Å². The Kier molecular flexibility index (Phi) is 7.56. The van der Waals surface area contributed by atoms with Crippen molar-refractivity contribution in [1.29, 1.82) is 0 Å². The van der Waals surface area contributed by atoms with Crippen LogP contribution in [0.3, 0.4) is 0 Å². The predicted octanol–water partition coefficient (Wildman–Crippen LogP) is 4.43. The molecule has 12 heteroatoms. The monoisotopic (exact) mass is 511 g/mol. The molecule has 2 aromatic rings. The summed E-state index contributed by atoms with van der Waals surface area (Å²) in [5.41, 5.74) is -1.31. The summed E-state index contributed by atoms with van der Waals surface area (Å²) in [6.07, 6.45) is -6.00.